The molecule has 1 N–H and O–H groups in total. The summed E-state index contributed by atoms with van der Waals surface area (Å²) in [7, 11) is 0. The van der Waals surface area contributed by atoms with E-state index in [1.54, 1.807) is 0 Å². The van der Waals surface area contributed by atoms with Crippen LogP contribution in [0, 0.1) is 0 Å². The van der Waals surface area contributed by atoms with Crippen molar-refractivity contribution in [2.24, 2.45) is 0 Å². The van der Waals surface area contributed by atoms with Crippen molar-refractivity contribution < 1.29 is 14.6 Å². The summed E-state index contributed by atoms with van der Waals surface area (Å²) in [5.41, 5.74) is 0. The minimum absolute atomic E-state index is 0.0543. The van der Waals surface area contributed by atoms with E-state index in [4.69, 9.17) is 14.6 Å². The molecule has 0 radical (unpaired) electrons. The molecular formula is C13H24O3. The van der Waals surface area contributed by atoms with Gasteiger partial charge in [-0.1, -0.05) is 12.2 Å². The van der Waals surface area contributed by atoms with Crippen molar-refractivity contribution in [3.63, 3.8) is 0 Å². The highest BCUT2D eigenvalue weighted by Gasteiger charge is 2.12. The molecule has 0 aromatic carbocycles. The van der Waals surface area contributed by atoms with E-state index in [0.717, 1.165) is 45.3 Å². The van der Waals surface area contributed by atoms with Crippen LogP contribution < -0.4 is 0 Å². The maximum Gasteiger partial charge on any atom is 0.157 e. The van der Waals surface area contributed by atoms with E-state index in [1.807, 2.05) is 6.08 Å². The number of unbranched alkanes of at least 4 members (excludes halogenated alkanes) is 2. The quantitative estimate of drug-likeness (QED) is 0.512. The highest BCUT2D eigenvalue weighted by Crippen LogP contribution is 2.14. The van der Waals surface area contributed by atoms with Gasteiger partial charge in [-0.15, -0.1) is 0 Å². The Morgan fingerprint density at radius 1 is 1.19 bits per heavy atom. The van der Waals surface area contributed by atoms with Gasteiger partial charge in [0.2, 0.25) is 0 Å². The minimum atomic E-state index is 0.0543. The average Bonchev–Trinajstić information content (AvgIpc) is 2.34. The topological polar surface area (TPSA) is 38.7 Å². The van der Waals surface area contributed by atoms with Crippen molar-refractivity contribution in [3.8, 4) is 0 Å². The van der Waals surface area contributed by atoms with E-state index in [0.29, 0.717) is 0 Å². The van der Waals surface area contributed by atoms with Crippen LogP contribution >= 0.6 is 0 Å². The summed E-state index contributed by atoms with van der Waals surface area (Å²) in [5, 5.41) is 8.57. The molecule has 0 amide bonds. The summed E-state index contributed by atoms with van der Waals surface area (Å²) in [6.07, 6.45) is 11.8. The maximum atomic E-state index is 8.57. The predicted molar refractivity (Wildman–Crippen MR) is 64.2 cm³/mol. The van der Waals surface area contributed by atoms with E-state index in [1.165, 1.54) is 12.8 Å². The fourth-order valence-electron chi connectivity index (χ4n) is 1.73. The monoisotopic (exact) mass is 228 g/mol. The summed E-state index contributed by atoms with van der Waals surface area (Å²) >= 11 is 0. The normalized spacial score (nSPS) is 21.7. The summed E-state index contributed by atoms with van der Waals surface area (Å²) in [5.74, 6) is 0. The molecule has 1 saturated heterocycles. The number of ether oxygens (including phenoxy) is 2. The van der Waals surface area contributed by atoms with Crippen molar-refractivity contribution in [1.29, 1.82) is 0 Å². The van der Waals surface area contributed by atoms with Crippen LogP contribution in [0.2, 0.25) is 0 Å². The molecule has 0 aromatic heterocycles. The van der Waals surface area contributed by atoms with Crippen molar-refractivity contribution in [1.82, 2.24) is 0 Å². The second-order valence-electron chi connectivity index (χ2n) is 4.15. The maximum absolute atomic E-state index is 8.57. The molecule has 1 aliphatic rings. The third-order valence-corrected chi connectivity index (χ3v) is 2.67. The summed E-state index contributed by atoms with van der Waals surface area (Å²) < 4.78 is 11.1. The zero-order valence-electron chi connectivity index (χ0n) is 10.1. The lowest BCUT2D eigenvalue weighted by Gasteiger charge is -2.22. The van der Waals surface area contributed by atoms with E-state index in [-0.39, 0.29) is 12.9 Å². The Morgan fingerprint density at radius 3 is 2.81 bits per heavy atom. The van der Waals surface area contributed by atoms with Gasteiger partial charge in [-0.05, 0) is 44.9 Å². The van der Waals surface area contributed by atoms with Gasteiger partial charge in [-0.2, -0.15) is 0 Å². The third-order valence-electron chi connectivity index (χ3n) is 2.67. The zero-order valence-corrected chi connectivity index (χ0v) is 10.1. The second kappa shape index (κ2) is 9.82. The fourth-order valence-corrected chi connectivity index (χ4v) is 1.73. The lowest BCUT2D eigenvalue weighted by molar-refractivity contribution is -0.162. The Morgan fingerprint density at radius 2 is 2.06 bits per heavy atom. The van der Waals surface area contributed by atoms with Crippen LogP contribution in [0.5, 0.6) is 0 Å². The van der Waals surface area contributed by atoms with Gasteiger partial charge in [0.05, 0.1) is 0 Å². The molecule has 0 spiro atoms. The fraction of sp³-hybridized carbons (Fsp3) is 0.846. The summed E-state index contributed by atoms with van der Waals surface area (Å²) in [4.78, 5) is 0. The average molecular weight is 228 g/mol. The summed E-state index contributed by atoms with van der Waals surface area (Å²) in [6, 6.07) is 0. The first-order chi connectivity index (χ1) is 7.93. The van der Waals surface area contributed by atoms with Crippen molar-refractivity contribution in [2.75, 3.05) is 19.8 Å². The lowest BCUT2D eigenvalue weighted by Crippen LogP contribution is -2.22. The van der Waals surface area contributed by atoms with Crippen molar-refractivity contribution >= 4 is 0 Å². The molecule has 1 aliphatic heterocycles. The Kier molecular flexibility index (Phi) is 8.40. The first-order valence-corrected chi connectivity index (χ1v) is 6.42. The highest BCUT2D eigenvalue weighted by molar-refractivity contribution is 4.80. The first kappa shape index (κ1) is 13.7. The highest BCUT2D eigenvalue weighted by atomic mass is 16.7. The molecule has 0 aliphatic carbocycles. The van der Waals surface area contributed by atoms with Crippen LogP contribution in [0.4, 0.5) is 0 Å². The number of rotatable bonds is 8. The van der Waals surface area contributed by atoms with Gasteiger partial charge < -0.3 is 14.6 Å². The number of hydrogen-bond acceptors (Lipinski definition) is 3. The predicted octanol–water partition coefficient (Wildman–Crippen LogP) is 2.64. The molecule has 1 heterocycles. The number of allylic oxidation sites excluding steroid dienone is 1. The molecule has 1 rings (SSSR count). The molecule has 0 saturated carbocycles. The van der Waals surface area contributed by atoms with Gasteiger partial charge in [0.1, 0.15) is 0 Å². The molecular weight excluding hydrogens is 204 g/mol. The SMILES string of the molecule is OCC/C=C\CCCCO[C@H]1CCCCO1. The van der Waals surface area contributed by atoms with Crippen molar-refractivity contribution in [2.45, 2.75) is 51.2 Å². The summed E-state index contributed by atoms with van der Waals surface area (Å²) in [6.45, 7) is 1.91. The Labute approximate surface area is 98.4 Å². The Balaban J connectivity index is 1.83. The molecule has 1 atom stereocenters. The van der Waals surface area contributed by atoms with Crippen LogP contribution in [-0.2, 0) is 9.47 Å². The standard InChI is InChI=1S/C13H24O3/c14-10-6-3-1-2-4-7-11-15-13-9-5-8-12-16-13/h1,3,13-14H,2,4-12H2/b3-1-/t13-/m1/s1. The largest absolute Gasteiger partial charge is 0.396 e. The van der Waals surface area contributed by atoms with Crippen LogP contribution in [0.15, 0.2) is 12.2 Å². The van der Waals surface area contributed by atoms with Gasteiger partial charge in [-0.3, -0.25) is 0 Å². The molecule has 0 unspecified atom stereocenters. The Hall–Kier alpha value is -0.380. The van der Waals surface area contributed by atoms with Gasteiger partial charge in [0.25, 0.3) is 0 Å². The van der Waals surface area contributed by atoms with E-state index >= 15 is 0 Å². The lowest BCUT2D eigenvalue weighted by atomic mass is 10.2. The van der Waals surface area contributed by atoms with Crippen molar-refractivity contribution in [3.05, 3.63) is 12.2 Å². The van der Waals surface area contributed by atoms with E-state index in [9.17, 15) is 0 Å². The van der Waals surface area contributed by atoms with Gasteiger partial charge in [0.15, 0.2) is 6.29 Å². The van der Waals surface area contributed by atoms with E-state index < -0.39 is 0 Å². The molecule has 1 fully saturated rings. The van der Waals surface area contributed by atoms with Crippen LogP contribution in [0.1, 0.15) is 44.9 Å². The third kappa shape index (κ3) is 6.99. The smallest absolute Gasteiger partial charge is 0.157 e. The number of aliphatic hydroxyl groups excluding tert-OH is 1. The Bertz CT molecular complexity index is 174. The van der Waals surface area contributed by atoms with Gasteiger partial charge in [0, 0.05) is 19.8 Å². The van der Waals surface area contributed by atoms with E-state index in [2.05, 4.69) is 6.08 Å². The molecule has 0 aromatic rings. The zero-order chi connectivity index (χ0) is 11.5. The number of aliphatic hydroxyl groups is 1. The first-order valence-electron chi connectivity index (χ1n) is 6.42. The molecule has 94 valence electrons. The van der Waals surface area contributed by atoms with Crippen LogP contribution in [0.25, 0.3) is 0 Å². The number of hydrogen-bond donors (Lipinski definition) is 1. The van der Waals surface area contributed by atoms with Crippen LogP contribution in [-0.4, -0.2) is 31.2 Å². The second-order valence-corrected chi connectivity index (χ2v) is 4.15. The van der Waals surface area contributed by atoms with Gasteiger partial charge >= 0.3 is 0 Å². The molecule has 3 nitrogen and oxygen atoms in total. The van der Waals surface area contributed by atoms with Crippen LogP contribution in [0.3, 0.4) is 0 Å². The molecule has 3 heteroatoms. The molecule has 0 bridgehead atoms. The van der Waals surface area contributed by atoms with Gasteiger partial charge in [-0.25, -0.2) is 0 Å². The minimum Gasteiger partial charge on any atom is -0.396 e. The molecule has 16 heavy (non-hydrogen) atoms.